The Bertz CT molecular complexity index is 532. The van der Waals surface area contributed by atoms with Crippen LogP contribution in [0.1, 0.15) is 16.5 Å². The lowest BCUT2D eigenvalue weighted by Crippen LogP contribution is -2.28. The zero-order chi connectivity index (χ0) is 12.4. The van der Waals surface area contributed by atoms with Crippen molar-refractivity contribution in [1.29, 1.82) is 0 Å². The lowest BCUT2D eigenvalue weighted by molar-refractivity contribution is 0.616. The van der Waals surface area contributed by atoms with E-state index in [-0.39, 0.29) is 11.9 Å². The molecule has 0 aliphatic heterocycles. The van der Waals surface area contributed by atoms with Crippen molar-refractivity contribution in [2.75, 3.05) is 0 Å². The number of hydrogen-bond donors (Lipinski definition) is 2. The van der Waals surface area contributed by atoms with Crippen molar-refractivity contribution < 1.29 is 4.39 Å². The fraction of sp³-hybridized carbons (Fsp3) is 0.0909. The molecule has 17 heavy (non-hydrogen) atoms. The van der Waals surface area contributed by atoms with Crippen LogP contribution in [0.2, 0.25) is 5.02 Å². The van der Waals surface area contributed by atoms with Crippen molar-refractivity contribution in [2.24, 2.45) is 5.84 Å². The van der Waals surface area contributed by atoms with Crippen LogP contribution in [0.5, 0.6) is 0 Å². The zero-order valence-corrected chi connectivity index (χ0v) is 11.7. The van der Waals surface area contributed by atoms with Crippen molar-refractivity contribution in [3.05, 3.63) is 55.4 Å². The molecule has 1 atom stereocenters. The highest BCUT2D eigenvalue weighted by Gasteiger charge is 2.19. The van der Waals surface area contributed by atoms with Crippen LogP contribution in [0.25, 0.3) is 0 Å². The van der Waals surface area contributed by atoms with Crippen LogP contribution in [0.15, 0.2) is 34.1 Å². The van der Waals surface area contributed by atoms with Gasteiger partial charge in [-0.25, -0.2) is 9.82 Å². The van der Waals surface area contributed by atoms with Gasteiger partial charge in [0, 0.05) is 9.35 Å². The second-order valence-electron chi connectivity index (χ2n) is 3.40. The van der Waals surface area contributed by atoms with E-state index in [1.165, 1.54) is 23.5 Å². The standard InChI is InChI=1S/C11H9BrClFN2S/c12-8-5-6(14)1-2-7(8)10(16-15)11-9(13)3-4-17-11/h1-5,10,16H,15H2. The topological polar surface area (TPSA) is 38.0 Å². The van der Waals surface area contributed by atoms with Crippen LogP contribution in [0.3, 0.4) is 0 Å². The van der Waals surface area contributed by atoms with Gasteiger partial charge in [0.05, 0.1) is 11.1 Å². The van der Waals surface area contributed by atoms with Gasteiger partial charge in [-0.2, -0.15) is 0 Å². The number of hydrogen-bond acceptors (Lipinski definition) is 3. The molecule has 3 N–H and O–H groups in total. The molecule has 90 valence electrons. The minimum Gasteiger partial charge on any atom is -0.271 e. The second-order valence-corrected chi connectivity index (χ2v) is 5.61. The third-order valence-electron chi connectivity index (χ3n) is 2.35. The summed E-state index contributed by atoms with van der Waals surface area (Å²) >= 11 is 10.9. The Kier molecular flexibility index (Phi) is 4.17. The highest BCUT2D eigenvalue weighted by Crippen LogP contribution is 2.35. The van der Waals surface area contributed by atoms with E-state index < -0.39 is 0 Å². The lowest BCUT2D eigenvalue weighted by Gasteiger charge is -2.17. The average molecular weight is 336 g/mol. The summed E-state index contributed by atoms with van der Waals surface area (Å²) in [5, 5.41) is 2.54. The lowest BCUT2D eigenvalue weighted by atomic mass is 10.1. The normalized spacial score (nSPS) is 12.7. The molecule has 1 unspecified atom stereocenters. The Morgan fingerprint density at radius 1 is 1.41 bits per heavy atom. The Morgan fingerprint density at radius 3 is 2.71 bits per heavy atom. The van der Waals surface area contributed by atoms with E-state index in [1.807, 2.05) is 11.4 Å². The van der Waals surface area contributed by atoms with Crippen molar-refractivity contribution in [3.8, 4) is 0 Å². The summed E-state index contributed by atoms with van der Waals surface area (Å²) in [7, 11) is 0. The summed E-state index contributed by atoms with van der Waals surface area (Å²) in [5.74, 6) is 5.26. The van der Waals surface area contributed by atoms with E-state index in [0.29, 0.717) is 9.50 Å². The summed E-state index contributed by atoms with van der Waals surface area (Å²) < 4.78 is 13.7. The highest BCUT2D eigenvalue weighted by molar-refractivity contribution is 9.10. The molecule has 0 aliphatic rings. The molecule has 1 heterocycles. The zero-order valence-electron chi connectivity index (χ0n) is 8.58. The smallest absolute Gasteiger partial charge is 0.124 e. The van der Waals surface area contributed by atoms with E-state index in [0.717, 1.165) is 10.4 Å². The fourth-order valence-corrected chi connectivity index (χ4v) is 3.38. The Labute approximate surface area is 116 Å². The first-order valence-electron chi connectivity index (χ1n) is 4.77. The minimum absolute atomic E-state index is 0.252. The highest BCUT2D eigenvalue weighted by atomic mass is 79.9. The molecule has 0 saturated heterocycles. The molecule has 6 heteroatoms. The van der Waals surface area contributed by atoms with E-state index in [9.17, 15) is 4.39 Å². The fourth-order valence-electron chi connectivity index (χ4n) is 1.55. The van der Waals surface area contributed by atoms with Gasteiger partial charge in [-0.05, 0) is 29.1 Å². The number of hydrazine groups is 1. The molecule has 1 aromatic carbocycles. The van der Waals surface area contributed by atoms with Crippen LogP contribution in [0, 0.1) is 5.82 Å². The maximum atomic E-state index is 13.0. The molecular weight excluding hydrogens is 327 g/mol. The second kappa shape index (κ2) is 5.46. The van der Waals surface area contributed by atoms with Crippen LogP contribution >= 0.6 is 38.9 Å². The van der Waals surface area contributed by atoms with Crippen molar-refractivity contribution >= 4 is 38.9 Å². The number of halogens is 3. The minimum atomic E-state index is -0.298. The first kappa shape index (κ1) is 13.0. The van der Waals surface area contributed by atoms with Gasteiger partial charge >= 0.3 is 0 Å². The molecule has 0 spiro atoms. The van der Waals surface area contributed by atoms with Gasteiger partial charge in [-0.3, -0.25) is 5.84 Å². The third-order valence-corrected chi connectivity index (χ3v) is 4.46. The summed E-state index contributed by atoms with van der Waals surface area (Å²) in [4.78, 5) is 0.904. The van der Waals surface area contributed by atoms with Crippen molar-refractivity contribution in [2.45, 2.75) is 6.04 Å². The third kappa shape index (κ3) is 2.69. The molecule has 1 aromatic heterocycles. The van der Waals surface area contributed by atoms with Gasteiger partial charge in [0.15, 0.2) is 0 Å². The molecule has 2 aromatic rings. The van der Waals surface area contributed by atoms with Gasteiger partial charge in [-0.1, -0.05) is 33.6 Å². The first-order chi connectivity index (χ1) is 8.13. The van der Waals surface area contributed by atoms with E-state index in [4.69, 9.17) is 17.4 Å². The Balaban J connectivity index is 2.46. The average Bonchev–Trinajstić information content (AvgIpc) is 2.69. The summed E-state index contributed by atoms with van der Waals surface area (Å²) in [6, 6.07) is 6.04. The quantitative estimate of drug-likeness (QED) is 0.660. The van der Waals surface area contributed by atoms with Crippen LogP contribution in [0.4, 0.5) is 4.39 Å². The predicted octanol–water partition coefficient (Wildman–Crippen LogP) is 3.86. The maximum Gasteiger partial charge on any atom is 0.124 e. The van der Waals surface area contributed by atoms with Crippen molar-refractivity contribution in [3.63, 3.8) is 0 Å². The maximum absolute atomic E-state index is 13.0. The van der Waals surface area contributed by atoms with Crippen LogP contribution < -0.4 is 11.3 Å². The predicted molar refractivity (Wildman–Crippen MR) is 72.6 cm³/mol. The van der Waals surface area contributed by atoms with E-state index in [2.05, 4.69) is 21.4 Å². The molecule has 0 saturated carbocycles. The monoisotopic (exact) mass is 334 g/mol. The number of nitrogens with one attached hydrogen (secondary N) is 1. The van der Waals surface area contributed by atoms with E-state index in [1.54, 1.807) is 6.07 Å². The van der Waals surface area contributed by atoms with Crippen LogP contribution in [-0.2, 0) is 0 Å². The van der Waals surface area contributed by atoms with Crippen molar-refractivity contribution in [1.82, 2.24) is 5.43 Å². The first-order valence-corrected chi connectivity index (χ1v) is 6.82. The number of benzene rings is 1. The number of rotatable bonds is 3. The summed E-state index contributed by atoms with van der Waals surface area (Å²) in [6.07, 6.45) is 0. The Morgan fingerprint density at radius 2 is 2.18 bits per heavy atom. The molecule has 0 aliphatic carbocycles. The van der Waals surface area contributed by atoms with Gasteiger partial charge in [0.25, 0.3) is 0 Å². The summed E-state index contributed by atoms with van der Waals surface area (Å²) in [5.41, 5.74) is 3.54. The Hall–Kier alpha value is -0.460. The largest absolute Gasteiger partial charge is 0.271 e. The molecule has 0 radical (unpaired) electrons. The van der Waals surface area contributed by atoms with Crippen LogP contribution in [-0.4, -0.2) is 0 Å². The van der Waals surface area contributed by atoms with Gasteiger partial charge < -0.3 is 0 Å². The molecule has 2 rings (SSSR count). The molecule has 0 amide bonds. The molecule has 2 nitrogen and oxygen atoms in total. The molecule has 0 fully saturated rings. The number of thiophene rings is 1. The number of nitrogens with two attached hydrogens (primary N) is 1. The SMILES string of the molecule is NNC(c1ccc(F)cc1Br)c1sccc1Cl. The van der Waals surface area contributed by atoms with Gasteiger partial charge in [0.1, 0.15) is 5.82 Å². The van der Waals surface area contributed by atoms with Gasteiger partial charge in [-0.15, -0.1) is 11.3 Å². The molecular formula is C11H9BrClFN2S. The summed E-state index contributed by atoms with van der Waals surface area (Å²) in [6.45, 7) is 0. The van der Waals surface area contributed by atoms with Gasteiger partial charge in [0.2, 0.25) is 0 Å². The molecule has 0 bridgehead atoms. The van der Waals surface area contributed by atoms with E-state index >= 15 is 0 Å².